The number of amides is 3. The van der Waals surface area contributed by atoms with E-state index in [-0.39, 0.29) is 30.4 Å². The van der Waals surface area contributed by atoms with E-state index < -0.39 is 0 Å². The number of carbonyl (C=O) groups is 2. The number of halogens is 1. The molecule has 23 heavy (non-hydrogen) atoms. The molecular formula is C16H23ClN4O2. The number of nitrogens with one attached hydrogen (secondary N) is 3. The van der Waals surface area contributed by atoms with Crippen molar-refractivity contribution in [2.24, 2.45) is 5.92 Å². The monoisotopic (exact) mass is 338 g/mol. The SMILES string of the molecule is CC1CCNCC1NC(=O)c1ccc(N2CCNC2=O)cc1.Cl. The highest BCUT2D eigenvalue weighted by molar-refractivity contribution is 5.97. The van der Waals surface area contributed by atoms with Crippen molar-refractivity contribution in [3.05, 3.63) is 29.8 Å². The molecule has 2 aliphatic rings. The summed E-state index contributed by atoms with van der Waals surface area (Å²) in [5.41, 5.74) is 1.44. The van der Waals surface area contributed by atoms with Gasteiger partial charge in [-0.3, -0.25) is 9.69 Å². The lowest BCUT2D eigenvalue weighted by Gasteiger charge is -2.30. The summed E-state index contributed by atoms with van der Waals surface area (Å²) in [4.78, 5) is 25.6. The van der Waals surface area contributed by atoms with Crippen LogP contribution in [0.5, 0.6) is 0 Å². The minimum Gasteiger partial charge on any atom is -0.348 e. The summed E-state index contributed by atoms with van der Waals surface area (Å²) in [7, 11) is 0. The van der Waals surface area contributed by atoms with E-state index in [1.165, 1.54) is 0 Å². The number of rotatable bonds is 3. The normalized spacial score (nSPS) is 23.9. The standard InChI is InChI=1S/C16H22N4O2.ClH/c1-11-6-7-17-10-14(11)19-15(21)12-2-4-13(5-3-12)20-9-8-18-16(20)22;/h2-5,11,14,17H,6-10H2,1H3,(H,18,22)(H,19,21);1H. The number of nitrogens with zero attached hydrogens (tertiary/aromatic N) is 1. The highest BCUT2D eigenvalue weighted by Gasteiger charge is 2.24. The number of urea groups is 1. The molecule has 1 aromatic rings. The first kappa shape index (κ1) is 17.6. The van der Waals surface area contributed by atoms with Crippen molar-refractivity contribution in [2.45, 2.75) is 19.4 Å². The van der Waals surface area contributed by atoms with Crippen LogP contribution < -0.4 is 20.9 Å². The third kappa shape index (κ3) is 3.95. The van der Waals surface area contributed by atoms with E-state index in [1.807, 2.05) is 12.1 Å². The summed E-state index contributed by atoms with van der Waals surface area (Å²) >= 11 is 0. The maximum Gasteiger partial charge on any atom is 0.321 e. The second-order valence-electron chi connectivity index (χ2n) is 5.98. The molecule has 1 aromatic carbocycles. The summed E-state index contributed by atoms with van der Waals surface area (Å²) in [6, 6.07) is 7.28. The van der Waals surface area contributed by atoms with Crippen molar-refractivity contribution in [3.63, 3.8) is 0 Å². The van der Waals surface area contributed by atoms with Crippen LogP contribution in [0.3, 0.4) is 0 Å². The zero-order valence-electron chi connectivity index (χ0n) is 13.2. The Hall–Kier alpha value is -1.79. The molecule has 3 N–H and O–H groups in total. The lowest BCUT2D eigenvalue weighted by Crippen LogP contribution is -2.50. The number of benzene rings is 1. The first-order valence-electron chi connectivity index (χ1n) is 7.82. The van der Waals surface area contributed by atoms with Gasteiger partial charge in [-0.2, -0.15) is 0 Å². The zero-order chi connectivity index (χ0) is 15.5. The fourth-order valence-electron chi connectivity index (χ4n) is 2.95. The summed E-state index contributed by atoms with van der Waals surface area (Å²) in [6.07, 6.45) is 1.08. The van der Waals surface area contributed by atoms with Crippen LogP contribution in [0, 0.1) is 5.92 Å². The van der Waals surface area contributed by atoms with Crippen LogP contribution in [0.15, 0.2) is 24.3 Å². The topological polar surface area (TPSA) is 73.5 Å². The van der Waals surface area contributed by atoms with Crippen molar-refractivity contribution in [1.82, 2.24) is 16.0 Å². The van der Waals surface area contributed by atoms with Gasteiger partial charge in [-0.25, -0.2) is 4.79 Å². The first-order chi connectivity index (χ1) is 10.6. The van der Waals surface area contributed by atoms with E-state index >= 15 is 0 Å². The van der Waals surface area contributed by atoms with Crippen LogP contribution in [0.25, 0.3) is 0 Å². The number of hydrogen-bond donors (Lipinski definition) is 3. The van der Waals surface area contributed by atoms with E-state index in [1.54, 1.807) is 17.0 Å². The van der Waals surface area contributed by atoms with Crippen molar-refractivity contribution >= 4 is 30.0 Å². The smallest absolute Gasteiger partial charge is 0.321 e. The van der Waals surface area contributed by atoms with Gasteiger partial charge in [-0.1, -0.05) is 6.92 Å². The van der Waals surface area contributed by atoms with Crippen LogP contribution in [-0.4, -0.2) is 44.2 Å². The average molecular weight is 339 g/mol. The fourth-order valence-corrected chi connectivity index (χ4v) is 2.95. The summed E-state index contributed by atoms with van der Waals surface area (Å²) < 4.78 is 0. The van der Waals surface area contributed by atoms with Crippen molar-refractivity contribution in [1.29, 1.82) is 0 Å². The van der Waals surface area contributed by atoms with Crippen LogP contribution in [-0.2, 0) is 0 Å². The van der Waals surface area contributed by atoms with Crippen molar-refractivity contribution in [3.8, 4) is 0 Å². The molecule has 2 heterocycles. The average Bonchev–Trinajstić information content (AvgIpc) is 2.96. The van der Waals surface area contributed by atoms with Crippen LogP contribution >= 0.6 is 12.4 Å². The Bertz CT molecular complexity index is 564. The molecule has 0 aromatic heterocycles. The number of anilines is 1. The van der Waals surface area contributed by atoms with E-state index in [0.29, 0.717) is 24.6 Å². The third-order valence-corrected chi connectivity index (χ3v) is 4.44. The van der Waals surface area contributed by atoms with Crippen LogP contribution in [0.1, 0.15) is 23.7 Å². The maximum atomic E-state index is 12.3. The maximum absolute atomic E-state index is 12.3. The van der Waals surface area contributed by atoms with Gasteiger partial charge in [0.05, 0.1) is 0 Å². The first-order valence-corrected chi connectivity index (χ1v) is 7.82. The molecule has 0 aliphatic carbocycles. The van der Waals surface area contributed by atoms with E-state index in [2.05, 4.69) is 22.9 Å². The molecule has 126 valence electrons. The zero-order valence-corrected chi connectivity index (χ0v) is 14.0. The molecule has 0 spiro atoms. The Morgan fingerprint density at radius 3 is 2.61 bits per heavy atom. The van der Waals surface area contributed by atoms with Crippen molar-refractivity contribution in [2.75, 3.05) is 31.1 Å². The molecule has 2 aliphatic heterocycles. The Kier molecular flexibility index (Phi) is 5.85. The van der Waals surface area contributed by atoms with Gasteiger partial charge in [-0.15, -0.1) is 12.4 Å². The fraction of sp³-hybridized carbons (Fsp3) is 0.500. The van der Waals surface area contributed by atoms with Crippen molar-refractivity contribution < 1.29 is 9.59 Å². The molecule has 2 fully saturated rings. The second kappa shape index (κ2) is 7.66. The molecule has 7 heteroatoms. The number of piperidine rings is 1. The van der Waals surface area contributed by atoms with Gasteiger partial charge in [0.15, 0.2) is 0 Å². The molecule has 0 saturated carbocycles. The highest BCUT2D eigenvalue weighted by atomic mass is 35.5. The molecule has 0 bridgehead atoms. The minimum absolute atomic E-state index is 0. The summed E-state index contributed by atoms with van der Waals surface area (Å²) in [5.74, 6) is 0.427. The predicted octanol–water partition coefficient (Wildman–Crippen LogP) is 1.37. The van der Waals surface area contributed by atoms with Gasteiger partial charge in [0.2, 0.25) is 0 Å². The molecule has 3 amide bonds. The van der Waals surface area contributed by atoms with Crippen LogP contribution in [0.2, 0.25) is 0 Å². The molecule has 2 saturated heterocycles. The second-order valence-corrected chi connectivity index (χ2v) is 5.98. The van der Waals surface area contributed by atoms with E-state index in [4.69, 9.17) is 0 Å². The number of hydrogen-bond acceptors (Lipinski definition) is 3. The quantitative estimate of drug-likeness (QED) is 0.779. The largest absolute Gasteiger partial charge is 0.348 e. The number of carbonyl (C=O) groups excluding carboxylic acids is 2. The van der Waals surface area contributed by atoms with Gasteiger partial charge in [0.25, 0.3) is 5.91 Å². The lowest BCUT2D eigenvalue weighted by molar-refractivity contribution is 0.0915. The van der Waals surface area contributed by atoms with Gasteiger partial charge in [0, 0.05) is 36.9 Å². The Morgan fingerprint density at radius 2 is 2.00 bits per heavy atom. The van der Waals surface area contributed by atoms with E-state index in [0.717, 1.165) is 25.2 Å². The third-order valence-electron chi connectivity index (χ3n) is 4.44. The van der Waals surface area contributed by atoms with Gasteiger partial charge < -0.3 is 16.0 Å². The van der Waals surface area contributed by atoms with Gasteiger partial charge >= 0.3 is 6.03 Å². The van der Waals surface area contributed by atoms with Gasteiger partial charge in [0.1, 0.15) is 0 Å². The molecule has 2 atom stereocenters. The molecule has 2 unspecified atom stereocenters. The predicted molar refractivity (Wildman–Crippen MR) is 92.3 cm³/mol. The summed E-state index contributed by atoms with van der Waals surface area (Å²) in [6.45, 7) is 5.32. The van der Waals surface area contributed by atoms with Gasteiger partial charge in [-0.05, 0) is 43.1 Å². The molecule has 0 radical (unpaired) electrons. The molecular weight excluding hydrogens is 316 g/mol. The lowest BCUT2D eigenvalue weighted by atomic mass is 9.94. The minimum atomic E-state index is -0.0840. The Morgan fingerprint density at radius 1 is 1.26 bits per heavy atom. The Labute approximate surface area is 142 Å². The van der Waals surface area contributed by atoms with E-state index in [9.17, 15) is 9.59 Å². The molecule has 3 rings (SSSR count). The van der Waals surface area contributed by atoms with Crippen LogP contribution in [0.4, 0.5) is 10.5 Å². The summed E-state index contributed by atoms with van der Waals surface area (Å²) in [5, 5.41) is 9.16. The Balaban J connectivity index is 0.00000192. The molecule has 6 nitrogen and oxygen atoms in total. The highest BCUT2D eigenvalue weighted by Crippen LogP contribution is 2.18.